The molecule has 9 heteroatoms. The average molecular weight is 365 g/mol. The maximum absolute atomic E-state index is 11.7. The molecule has 0 aliphatic carbocycles. The number of nitrogens with one attached hydrogen (secondary N) is 2. The maximum Gasteiger partial charge on any atom is 0.356 e. The van der Waals surface area contributed by atoms with E-state index < -0.39 is 4.92 Å². The molecule has 0 fully saturated rings. The van der Waals surface area contributed by atoms with E-state index in [0.29, 0.717) is 0 Å². The first-order valence-electron chi connectivity index (χ1n) is 8.16. The van der Waals surface area contributed by atoms with Crippen molar-refractivity contribution in [3.8, 4) is 0 Å². The van der Waals surface area contributed by atoms with Gasteiger partial charge in [-0.2, -0.15) is 0 Å². The third-order valence-corrected chi connectivity index (χ3v) is 3.58. The summed E-state index contributed by atoms with van der Waals surface area (Å²) >= 11 is 0. The van der Waals surface area contributed by atoms with E-state index in [9.17, 15) is 10.1 Å². The minimum absolute atomic E-state index is 0.0760. The van der Waals surface area contributed by atoms with Crippen LogP contribution in [0.15, 0.2) is 67.0 Å². The van der Waals surface area contributed by atoms with Gasteiger partial charge in [-0.1, -0.05) is 36.4 Å². The predicted molar refractivity (Wildman–Crippen MR) is 105 cm³/mol. The number of hydrazine groups is 2. The standard InChI is InChI=1S/C18H19N7O2/c1-23(2)21-17-16(25(26)27)18(20-13-19-17)22-24(14-9-5-3-6-10-14)15-11-7-4-8-12-15/h3-13H,1-2H3,(H2,19,20,21,22). The molecule has 1 aromatic heterocycles. The molecule has 3 rings (SSSR count). The van der Waals surface area contributed by atoms with Crippen molar-refractivity contribution in [2.75, 3.05) is 30.0 Å². The number of hydrogen-bond acceptors (Lipinski definition) is 8. The van der Waals surface area contributed by atoms with Crippen molar-refractivity contribution >= 4 is 28.7 Å². The second kappa shape index (κ2) is 8.11. The lowest BCUT2D eigenvalue weighted by molar-refractivity contribution is -0.383. The molecular formula is C18H19N7O2. The highest BCUT2D eigenvalue weighted by Crippen LogP contribution is 2.32. The van der Waals surface area contributed by atoms with E-state index in [4.69, 9.17) is 0 Å². The zero-order valence-corrected chi connectivity index (χ0v) is 14.9. The second-order valence-electron chi connectivity index (χ2n) is 5.80. The molecule has 0 radical (unpaired) electrons. The number of benzene rings is 2. The quantitative estimate of drug-likeness (QED) is 0.485. The fraction of sp³-hybridized carbons (Fsp3) is 0.111. The Hall–Kier alpha value is -3.72. The molecule has 0 unspecified atom stereocenters. The van der Waals surface area contributed by atoms with E-state index >= 15 is 0 Å². The van der Waals surface area contributed by atoms with Crippen LogP contribution in [0.5, 0.6) is 0 Å². The normalized spacial score (nSPS) is 10.5. The van der Waals surface area contributed by atoms with Gasteiger partial charge in [0.2, 0.25) is 11.6 Å². The lowest BCUT2D eigenvalue weighted by Crippen LogP contribution is -2.27. The minimum Gasteiger partial charge on any atom is -0.298 e. The molecule has 9 nitrogen and oxygen atoms in total. The average Bonchev–Trinajstić information content (AvgIpc) is 2.67. The topological polar surface area (TPSA) is 99.5 Å². The highest BCUT2D eigenvalue weighted by atomic mass is 16.6. The van der Waals surface area contributed by atoms with Crippen molar-refractivity contribution in [3.63, 3.8) is 0 Å². The molecule has 0 bridgehead atoms. The highest BCUT2D eigenvalue weighted by Gasteiger charge is 2.25. The van der Waals surface area contributed by atoms with Crippen molar-refractivity contribution < 1.29 is 4.92 Å². The van der Waals surface area contributed by atoms with E-state index in [-0.39, 0.29) is 17.3 Å². The van der Waals surface area contributed by atoms with Gasteiger partial charge in [-0.3, -0.25) is 26.0 Å². The molecular weight excluding hydrogens is 346 g/mol. The van der Waals surface area contributed by atoms with Gasteiger partial charge in [0, 0.05) is 14.1 Å². The molecule has 0 atom stereocenters. The summed E-state index contributed by atoms with van der Waals surface area (Å²) < 4.78 is 0. The monoisotopic (exact) mass is 365 g/mol. The van der Waals surface area contributed by atoms with E-state index in [1.54, 1.807) is 24.1 Å². The Bertz CT molecular complexity index is 865. The predicted octanol–water partition coefficient (Wildman–Crippen LogP) is 3.44. The van der Waals surface area contributed by atoms with Crippen molar-refractivity contribution in [1.29, 1.82) is 0 Å². The van der Waals surface area contributed by atoms with Crippen LogP contribution < -0.4 is 15.9 Å². The van der Waals surface area contributed by atoms with Crippen LogP contribution in [-0.4, -0.2) is 34.0 Å². The summed E-state index contributed by atoms with van der Waals surface area (Å²) in [4.78, 5) is 19.3. The lowest BCUT2D eigenvalue weighted by atomic mass is 10.2. The number of anilines is 4. The van der Waals surface area contributed by atoms with Crippen molar-refractivity contribution in [3.05, 3.63) is 77.1 Å². The van der Waals surface area contributed by atoms with Crippen molar-refractivity contribution in [2.45, 2.75) is 0 Å². The Morgan fingerprint density at radius 3 is 1.78 bits per heavy atom. The van der Waals surface area contributed by atoms with Crippen LogP contribution in [0.1, 0.15) is 0 Å². The molecule has 138 valence electrons. The first-order valence-corrected chi connectivity index (χ1v) is 8.16. The van der Waals surface area contributed by atoms with Gasteiger partial charge < -0.3 is 0 Å². The Balaban J connectivity index is 2.05. The first kappa shape index (κ1) is 18.1. The van der Waals surface area contributed by atoms with Gasteiger partial charge in [0.15, 0.2) is 0 Å². The number of nitrogens with zero attached hydrogens (tertiary/aromatic N) is 5. The molecule has 0 spiro atoms. The fourth-order valence-electron chi connectivity index (χ4n) is 2.47. The van der Waals surface area contributed by atoms with Crippen molar-refractivity contribution in [1.82, 2.24) is 15.0 Å². The summed E-state index contributed by atoms with van der Waals surface area (Å²) in [7, 11) is 3.44. The zero-order valence-electron chi connectivity index (χ0n) is 14.9. The highest BCUT2D eigenvalue weighted by molar-refractivity contribution is 5.74. The number of aromatic nitrogens is 2. The van der Waals surface area contributed by atoms with Gasteiger partial charge in [-0.05, 0) is 24.3 Å². The molecule has 1 heterocycles. The Labute approximate surface area is 156 Å². The molecule has 2 N–H and O–H groups in total. The van der Waals surface area contributed by atoms with Gasteiger partial charge in [0.1, 0.15) is 6.33 Å². The van der Waals surface area contributed by atoms with Crippen LogP contribution in [0.25, 0.3) is 0 Å². The Kier molecular flexibility index (Phi) is 5.43. The van der Waals surface area contributed by atoms with Gasteiger partial charge in [-0.25, -0.2) is 15.0 Å². The Morgan fingerprint density at radius 2 is 1.33 bits per heavy atom. The molecule has 0 saturated heterocycles. The SMILES string of the molecule is CN(C)Nc1ncnc(NN(c2ccccc2)c2ccccc2)c1[N+](=O)[O-]. The van der Waals surface area contributed by atoms with Gasteiger partial charge in [-0.15, -0.1) is 0 Å². The van der Waals surface area contributed by atoms with Crippen LogP contribution in [0.2, 0.25) is 0 Å². The maximum atomic E-state index is 11.7. The summed E-state index contributed by atoms with van der Waals surface area (Å²) in [6.07, 6.45) is 1.27. The fourth-order valence-corrected chi connectivity index (χ4v) is 2.47. The van der Waals surface area contributed by atoms with Crippen LogP contribution >= 0.6 is 0 Å². The summed E-state index contributed by atoms with van der Waals surface area (Å²) in [6.45, 7) is 0. The zero-order chi connectivity index (χ0) is 19.2. The molecule has 27 heavy (non-hydrogen) atoms. The van der Waals surface area contributed by atoms with Gasteiger partial charge in [0.05, 0.1) is 16.3 Å². The molecule has 0 saturated carbocycles. The smallest absolute Gasteiger partial charge is 0.298 e. The number of para-hydroxylation sites is 2. The number of rotatable bonds is 7. The van der Waals surface area contributed by atoms with E-state index in [1.807, 2.05) is 60.7 Å². The van der Waals surface area contributed by atoms with Gasteiger partial charge in [0.25, 0.3) is 0 Å². The molecule has 2 aromatic carbocycles. The second-order valence-corrected chi connectivity index (χ2v) is 5.80. The van der Waals surface area contributed by atoms with Crippen molar-refractivity contribution in [2.24, 2.45) is 0 Å². The van der Waals surface area contributed by atoms with Crippen LogP contribution in [-0.2, 0) is 0 Å². The first-order chi connectivity index (χ1) is 13.1. The number of nitro groups is 1. The largest absolute Gasteiger partial charge is 0.356 e. The summed E-state index contributed by atoms with van der Waals surface area (Å²) in [5.74, 6) is 0.177. The molecule has 0 amide bonds. The Morgan fingerprint density at radius 1 is 0.852 bits per heavy atom. The van der Waals surface area contributed by atoms with E-state index in [2.05, 4.69) is 20.8 Å². The third-order valence-electron chi connectivity index (χ3n) is 3.58. The number of hydrogen-bond donors (Lipinski definition) is 2. The minimum atomic E-state index is -0.512. The van der Waals surface area contributed by atoms with Crippen LogP contribution in [0.4, 0.5) is 28.7 Å². The van der Waals surface area contributed by atoms with Crippen LogP contribution in [0, 0.1) is 10.1 Å². The lowest BCUT2D eigenvalue weighted by Gasteiger charge is -2.26. The molecule has 0 aliphatic heterocycles. The van der Waals surface area contributed by atoms with E-state index in [0.717, 1.165) is 11.4 Å². The molecule has 3 aromatic rings. The van der Waals surface area contributed by atoms with Crippen LogP contribution in [0.3, 0.4) is 0 Å². The van der Waals surface area contributed by atoms with Gasteiger partial charge >= 0.3 is 5.69 Å². The summed E-state index contributed by atoms with van der Waals surface area (Å²) in [5, 5.41) is 15.0. The summed E-state index contributed by atoms with van der Waals surface area (Å²) in [5.41, 5.74) is 7.25. The van der Waals surface area contributed by atoms with E-state index in [1.165, 1.54) is 6.33 Å². The third kappa shape index (κ3) is 4.28. The molecule has 0 aliphatic rings. The summed E-state index contributed by atoms with van der Waals surface area (Å²) in [6, 6.07) is 18.9.